The van der Waals surface area contributed by atoms with E-state index in [-0.39, 0.29) is 0 Å². The molecule has 0 unspecified atom stereocenters. The fourth-order valence-electron chi connectivity index (χ4n) is 1.75. The molecule has 1 aromatic carbocycles. The molecule has 0 aliphatic rings. The van der Waals surface area contributed by atoms with Gasteiger partial charge in [0.25, 0.3) is 0 Å². The molecule has 0 radical (unpaired) electrons. The van der Waals surface area contributed by atoms with Gasteiger partial charge >= 0.3 is 0 Å². The Morgan fingerprint density at radius 2 is 1.71 bits per heavy atom. The van der Waals surface area contributed by atoms with Gasteiger partial charge in [0.1, 0.15) is 0 Å². The Labute approximate surface area is 105 Å². The molecular weight excluding hydrogens is 206 g/mol. The van der Waals surface area contributed by atoms with Crippen molar-refractivity contribution < 1.29 is 0 Å². The summed E-state index contributed by atoms with van der Waals surface area (Å²) in [5, 5.41) is 0. The van der Waals surface area contributed by atoms with Crippen molar-refractivity contribution in [3.63, 3.8) is 0 Å². The first-order chi connectivity index (χ1) is 8.19. The van der Waals surface area contributed by atoms with Crippen LogP contribution in [0.1, 0.15) is 52.5 Å². The summed E-state index contributed by atoms with van der Waals surface area (Å²) in [5.41, 5.74) is 4.99. The van der Waals surface area contributed by atoms with Crippen LogP contribution in [0.15, 0.2) is 46.6 Å². The molecule has 0 aliphatic carbocycles. The maximum Gasteiger partial charge on any atom is 0.0448 e. The lowest BCUT2D eigenvalue weighted by molar-refractivity contribution is 0.861. The van der Waals surface area contributed by atoms with Crippen LogP contribution in [0, 0.1) is 0 Å². The minimum Gasteiger partial charge on any atom is -0.258 e. The largest absolute Gasteiger partial charge is 0.258 e. The molecule has 1 heteroatoms. The first kappa shape index (κ1) is 13.7. The molecule has 0 atom stereocenters. The van der Waals surface area contributed by atoms with E-state index < -0.39 is 0 Å². The molecule has 0 saturated carbocycles. The van der Waals surface area contributed by atoms with Crippen molar-refractivity contribution in [2.75, 3.05) is 0 Å². The van der Waals surface area contributed by atoms with Gasteiger partial charge in [-0.15, -0.1) is 0 Å². The maximum absolute atomic E-state index is 4.80. The maximum atomic E-state index is 4.80. The van der Waals surface area contributed by atoms with Crippen LogP contribution in [0.3, 0.4) is 0 Å². The average molecular weight is 229 g/mol. The van der Waals surface area contributed by atoms with Gasteiger partial charge in [0.2, 0.25) is 0 Å². The van der Waals surface area contributed by atoms with Gasteiger partial charge in [-0.1, -0.05) is 56.2 Å². The minimum absolute atomic E-state index is 1.07. The van der Waals surface area contributed by atoms with Crippen molar-refractivity contribution in [3.05, 3.63) is 47.2 Å². The first-order valence-electron chi connectivity index (χ1n) is 6.48. The molecular formula is C16H23N. The van der Waals surface area contributed by atoms with Gasteiger partial charge in [-0.3, -0.25) is 4.99 Å². The fourth-order valence-corrected chi connectivity index (χ4v) is 1.75. The highest BCUT2D eigenvalue weighted by Crippen LogP contribution is 2.17. The van der Waals surface area contributed by atoms with Crippen molar-refractivity contribution in [2.24, 2.45) is 4.99 Å². The summed E-state index contributed by atoms with van der Waals surface area (Å²) < 4.78 is 0. The van der Waals surface area contributed by atoms with Crippen LogP contribution in [0.25, 0.3) is 0 Å². The van der Waals surface area contributed by atoms with E-state index in [1.165, 1.54) is 16.8 Å². The Hall–Kier alpha value is -1.37. The van der Waals surface area contributed by atoms with Crippen LogP contribution < -0.4 is 0 Å². The SMILES string of the molecule is CCCC(/N=C(\C)c1ccccc1)=C(/C)CC. The molecule has 0 aromatic heterocycles. The second kappa shape index (κ2) is 7.05. The van der Waals surface area contributed by atoms with Gasteiger partial charge < -0.3 is 0 Å². The Kier molecular flexibility index (Phi) is 5.68. The number of rotatable bonds is 5. The second-order valence-corrected chi connectivity index (χ2v) is 4.39. The lowest BCUT2D eigenvalue weighted by atomic mass is 10.1. The molecule has 1 nitrogen and oxygen atoms in total. The van der Waals surface area contributed by atoms with Gasteiger partial charge in [-0.25, -0.2) is 0 Å². The summed E-state index contributed by atoms with van der Waals surface area (Å²) in [5.74, 6) is 0. The van der Waals surface area contributed by atoms with Crippen LogP contribution in [0.2, 0.25) is 0 Å². The topological polar surface area (TPSA) is 12.4 Å². The van der Waals surface area contributed by atoms with Gasteiger partial charge in [0.05, 0.1) is 0 Å². The average Bonchev–Trinajstić information content (AvgIpc) is 2.38. The van der Waals surface area contributed by atoms with E-state index in [2.05, 4.69) is 52.0 Å². The molecule has 17 heavy (non-hydrogen) atoms. The summed E-state index contributed by atoms with van der Waals surface area (Å²) in [6.07, 6.45) is 3.31. The number of allylic oxidation sites excluding steroid dienone is 2. The lowest BCUT2D eigenvalue weighted by Gasteiger charge is -2.07. The zero-order chi connectivity index (χ0) is 12.7. The molecule has 0 spiro atoms. The molecule has 0 amide bonds. The third-order valence-electron chi connectivity index (χ3n) is 3.00. The van der Waals surface area contributed by atoms with Crippen molar-refractivity contribution in [3.8, 4) is 0 Å². The van der Waals surface area contributed by atoms with Crippen LogP contribution in [0.5, 0.6) is 0 Å². The molecule has 1 aromatic rings. The quantitative estimate of drug-likeness (QED) is 0.631. The highest BCUT2D eigenvalue weighted by atomic mass is 14.8. The van der Waals surface area contributed by atoms with E-state index >= 15 is 0 Å². The molecule has 0 aliphatic heterocycles. The number of nitrogens with zero attached hydrogens (tertiary/aromatic N) is 1. The van der Waals surface area contributed by atoms with Crippen molar-refractivity contribution >= 4 is 5.71 Å². The first-order valence-corrected chi connectivity index (χ1v) is 6.48. The van der Waals surface area contributed by atoms with Gasteiger partial charge in [-0.2, -0.15) is 0 Å². The Balaban J connectivity index is 3.00. The highest BCUT2D eigenvalue weighted by molar-refractivity contribution is 5.99. The van der Waals surface area contributed by atoms with Crippen LogP contribution in [0.4, 0.5) is 0 Å². The molecule has 0 N–H and O–H groups in total. The summed E-state index contributed by atoms with van der Waals surface area (Å²) in [6.45, 7) is 8.68. The number of aliphatic imine (C=N–C) groups is 1. The Morgan fingerprint density at radius 1 is 1.06 bits per heavy atom. The van der Waals surface area contributed by atoms with Crippen molar-refractivity contribution in [2.45, 2.75) is 47.0 Å². The van der Waals surface area contributed by atoms with E-state index in [0.29, 0.717) is 0 Å². The third-order valence-corrected chi connectivity index (χ3v) is 3.00. The van der Waals surface area contributed by atoms with Gasteiger partial charge in [0.15, 0.2) is 0 Å². The lowest BCUT2D eigenvalue weighted by Crippen LogP contribution is -1.96. The van der Waals surface area contributed by atoms with E-state index in [4.69, 9.17) is 4.99 Å². The highest BCUT2D eigenvalue weighted by Gasteiger charge is 2.01. The molecule has 92 valence electrons. The van der Waals surface area contributed by atoms with Gasteiger partial charge in [-0.05, 0) is 32.3 Å². The van der Waals surface area contributed by atoms with Crippen LogP contribution in [-0.2, 0) is 0 Å². The molecule has 0 heterocycles. The molecule has 0 saturated heterocycles. The number of benzene rings is 1. The Bertz CT molecular complexity index is 399. The van der Waals surface area contributed by atoms with E-state index in [0.717, 1.165) is 25.0 Å². The molecule has 1 rings (SSSR count). The van der Waals surface area contributed by atoms with E-state index in [1.54, 1.807) is 0 Å². The minimum atomic E-state index is 1.07. The number of hydrogen-bond donors (Lipinski definition) is 0. The van der Waals surface area contributed by atoms with Crippen LogP contribution in [-0.4, -0.2) is 5.71 Å². The van der Waals surface area contributed by atoms with Crippen LogP contribution >= 0.6 is 0 Å². The smallest absolute Gasteiger partial charge is 0.0448 e. The third kappa shape index (κ3) is 4.18. The monoisotopic (exact) mass is 229 g/mol. The zero-order valence-corrected chi connectivity index (χ0v) is 11.5. The predicted octanol–water partition coefficient (Wildman–Crippen LogP) is 4.98. The fraction of sp³-hybridized carbons (Fsp3) is 0.438. The zero-order valence-electron chi connectivity index (χ0n) is 11.5. The summed E-state index contributed by atoms with van der Waals surface area (Å²) in [6, 6.07) is 10.4. The summed E-state index contributed by atoms with van der Waals surface area (Å²) in [7, 11) is 0. The Morgan fingerprint density at radius 3 is 2.24 bits per heavy atom. The standard InChI is InChI=1S/C16H23N/c1-5-10-16(13(3)6-2)17-14(4)15-11-8-7-9-12-15/h7-9,11-12H,5-6,10H2,1-4H3/b16-13+,17-14+. The number of hydrogen-bond acceptors (Lipinski definition) is 1. The molecule has 0 fully saturated rings. The predicted molar refractivity (Wildman–Crippen MR) is 76.6 cm³/mol. The summed E-state index contributed by atoms with van der Waals surface area (Å²) in [4.78, 5) is 4.80. The summed E-state index contributed by atoms with van der Waals surface area (Å²) >= 11 is 0. The second-order valence-electron chi connectivity index (χ2n) is 4.39. The van der Waals surface area contributed by atoms with E-state index in [1.807, 2.05) is 6.07 Å². The van der Waals surface area contributed by atoms with E-state index in [9.17, 15) is 0 Å². The normalized spacial score (nSPS) is 13.5. The van der Waals surface area contributed by atoms with Crippen molar-refractivity contribution in [1.29, 1.82) is 0 Å². The van der Waals surface area contributed by atoms with Crippen molar-refractivity contribution in [1.82, 2.24) is 0 Å². The molecule has 0 bridgehead atoms. The van der Waals surface area contributed by atoms with Gasteiger partial charge in [0, 0.05) is 11.4 Å².